The van der Waals surface area contributed by atoms with E-state index < -0.39 is 27.0 Å². The Balaban J connectivity index is 2.29. The molecule has 6 nitrogen and oxygen atoms in total. The molecule has 0 radical (unpaired) electrons. The fraction of sp³-hybridized carbons (Fsp3) is 0.286. The zero-order valence-corrected chi connectivity index (χ0v) is 13.0. The van der Waals surface area contributed by atoms with Gasteiger partial charge in [-0.1, -0.05) is 6.92 Å². The lowest BCUT2D eigenvalue weighted by atomic mass is 10.3. The number of hydrogen-bond donors (Lipinski definition) is 1. The van der Waals surface area contributed by atoms with E-state index in [1.807, 2.05) is 4.72 Å². The van der Waals surface area contributed by atoms with Crippen LogP contribution in [0, 0.1) is 5.82 Å². The molecule has 1 heterocycles. The molecule has 2 rings (SSSR count). The van der Waals surface area contributed by atoms with Crippen molar-refractivity contribution >= 4 is 15.9 Å². The Morgan fingerprint density at radius 1 is 1.36 bits per heavy atom. The van der Waals surface area contributed by atoms with Gasteiger partial charge in [-0.05, 0) is 37.6 Å². The highest BCUT2D eigenvalue weighted by Gasteiger charge is 2.24. The lowest BCUT2D eigenvalue weighted by molar-refractivity contribution is 0.0974. The molecule has 0 aliphatic rings. The maximum atomic E-state index is 13.0. The molecule has 0 bridgehead atoms. The van der Waals surface area contributed by atoms with Crippen LogP contribution < -0.4 is 4.72 Å². The van der Waals surface area contributed by atoms with Crippen molar-refractivity contribution in [3.8, 4) is 5.69 Å². The summed E-state index contributed by atoms with van der Waals surface area (Å²) in [5.41, 5.74) is 0.559. The quantitative estimate of drug-likeness (QED) is 0.910. The van der Waals surface area contributed by atoms with Gasteiger partial charge in [0.1, 0.15) is 11.5 Å². The number of carbonyl (C=O) groups is 1. The number of rotatable bonds is 5. The van der Waals surface area contributed by atoms with E-state index in [0.717, 1.165) is 0 Å². The van der Waals surface area contributed by atoms with Crippen LogP contribution in [0.4, 0.5) is 4.39 Å². The number of amides is 1. The Morgan fingerprint density at radius 2 is 2.00 bits per heavy atom. The average molecular weight is 325 g/mol. The Bertz CT molecular complexity index is 769. The Hall–Kier alpha value is -2.22. The molecule has 2 aromatic rings. The van der Waals surface area contributed by atoms with Crippen LogP contribution in [0.15, 0.2) is 36.8 Å². The highest BCUT2D eigenvalue weighted by Crippen LogP contribution is 2.13. The Kier molecular flexibility index (Phi) is 4.60. The molecule has 0 fully saturated rings. The molecule has 0 saturated carbocycles. The molecule has 0 aliphatic heterocycles. The van der Waals surface area contributed by atoms with Gasteiger partial charge < -0.3 is 0 Å². The molecule has 1 unspecified atom stereocenters. The van der Waals surface area contributed by atoms with Crippen LogP contribution in [0.2, 0.25) is 0 Å². The molecule has 0 aliphatic carbocycles. The third-order valence-electron chi connectivity index (χ3n) is 3.32. The third kappa shape index (κ3) is 3.33. The molecule has 0 spiro atoms. The summed E-state index contributed by atoms with van der Waals surface area (Å²) in [6, 6.07) is 5.42. The van der Waals surface area contributed by atoms with Gasteiger partial charge in [0.05, 0.1) is 17.8 Å². The first kappa shape index (κ1) is 16.2. The van der Waals surface area contributed by atoms with Crippen LogP contribution in [0.3, 0.4) is 0 Å². The number of nitrogens with one attached hydrogen (secondary N) is 1. The van der Waals surface area contributed by atoms with E-state index in [1.165, 1.54) is 48.3 Å². The fourth-order valence-electron chi connectivity index (χ4n) is 1.77. The monoisotopic (exact) mass is 325 g/mol. The van der Waals surface area contributed by atoms with Crippen molar-refractivity contribution < 1.29 is 17.6 Å². The standard InChI is InChI=1S/C14H16FN3O3S/c1-3-10(2)22(20,21)17-14(19)13-8-16-9-18(13)12-6-4-11(15)5-7-12/h4-10H,3H2,1-2H3,(H,17,19). The second-order valence-corrected chi connectivity index (χ2v) is 6.92. The molecule has 1 amide bonds. The minimum absolute atomic E-state index is 0.0542. The van der Waals surface area contributed by atoms with Gasteiger partial charge in [0.2, 0.25) is 10.0 Å². The molecule has 22 heavy (non-hydrogen) atoms. The SMILES string of the molecule is CCC(C)S(=O)(=O)NC(=O)c1cncn1-c1ccc(F)cc1. The predicted molar refractivity (Wildman–Crippen MR) is 79.7 cm³/mol. The first-order chi connectivity index (χ1) is 10.3. The normalized spacial score (nSPS) is 12.9. The fourth-order valence-corrected chi connectivity index (χ4v) is 2.77. The van der Waals surface area contributed by atoms with Crippen molar-refractivity contribution in [1.82, 2.24) is 14.3 Å². The van der Waals surface area contributed by atoms with E-state index in [4.69, 9.17) is 0 Å². The van der Waals surface area contributed by atoms with Gasteiger partial charge in [-0.3, -0.25) is 9.36 Å². The summed E-state index contributed by atoms with van der Waals surface area (Å²) in [6.45, 7) is 3.24. The van der Waals surface area contributed by atoms with E-state index in [0.29, 0.717) is 12.1 Å². The van der Waals surface area contributed by atoms with Crippen molar-refractivity contribution in [2.24, 2.45) is 0 Å². The summed E-state index contributed by atoms with van der Waals surface area (Å²) in [7, 11) is -3.74. The van der Waals surface area contributed by atoms with Crippen LogP contribution in [0.1, 0.15) is 30.8 Å². The van der Waals surface area contributed by atoms with Crippen molar-refractivity contribution in [2.45, 2.75) is 25.5 Å². The highest BCUT2D eigenvalue weighted by atomic mass is 32.2. The lowest BCUT2D eigenvalue weighted by Gasteiger charge is -2.13. The summed E-state index contributed by atoms with van der Waals surface area (Å²) >= 11 is 0. The second-order valence-electron chi connectivity index (χ2n) is 4.82. The molecule has 1 aromatic heterocycles. The number of benzene rings is 1. The number of sulfonamides is 1. The van der Waals surface area contributed by atoms with Crippen LogP contribution in [-0.2, 0) is 10.0 Å². The Labute approximate surface area is 128 Å². The molecule has 8 heteroatoms. The minimum Gasteiger partial charge on any atom is -0.295 e. The highest BCUT2D eigenvalue weighted by molar-refractivity contribution is 7.90. The van der Waals surface area contributed by atoms with E-state index in [2.05, 4.69) is 4.98 Å². The third-order valence-corrected chi connectivity index (χ3v) is 5.18. The van der Waals surface area contributed by atoms with Crippen LogP contribution in [0.25, 0.3) is 5.69 Å². The van der Waals surface area contributed by atoms with E-state index >= 15 is 0 Å². The Morgan fingerprint density at radius 3 is 2.59 bits per heavy atom. The van der Waals surface area contributed by atoms with Crippen LogP contribution in [-0.4, -0.2) is 29.1 Å². The number of nitrogens with zero attached hydrogens (tertiary/aromatic N) is 2. The molecule has 1 N–H and O–H groups in total. The minimum atomic E-state index is -3.74. The molecular formula is C14H16FN3O3S. The smallest absolute Gasteiger partial charge is 0.283 e. The summed E-state index contributed by atoms with van der Waals surface area (Å²) in [4.78, 5) is 16.0. The van der Waals surface area contributed by atoms with Crippen molar-refractivity contribution in [2.75, 3.05) is 0 Å². The van der Waals surface area contributed by atoms with Gasteiger partial charge in [0.15, 0.2) is 0 Å². The zero-order chi connectivity index (χ0) is 16.3. The largest absolute Gasteiger partial charge is 0.295 e. The molecule has 0 saturated heterocycles. The van der Waals surface area contributed by atoms with Crippen molar-refractivity contribution in [3.63, 3.8) is 0 Å². The number of aromatic nitrogens is 2. The van der Waals surface area contributed by atoms with Gasteiger partial charge in [0, 0.05) is 5.69 Å². The van der Waals surface area contributed by atoms with Gasteiger partial charge in [-0.2, -0.15) is 0 Å². The number of hydrogen-bond acceptors (Lipinski definition) is 4. The van der Waals surface area contributed by atoms with Gasteiger partial charge >= 0.3 is 0 Å². The molecule has 1 aromatic carbocycles. The molecule has 118 valence electrons. The summed E-state index contributed by atoms with van der Waals surface area (Å²) in [5, 5.41) is -0.682. The van der Waals surface area contributed by atoms with Crippen molar-refractivity contribution in [3.05, 3.63) is 48.3 Å². The van der Waals surface area contributed by atoms with Gasteiger partial charge in [-0.25, -0.2) is 22.5 Å². The number of halogens is 1. The number of imidazole rings is 1. The maximum Gasteiger partial charge on any atom is 0.283 e. The van der Waals surface area contributed by atoms with E-state index in [-0.39, 0.29) is 5.69 Å². The van der Waals surface area contributed by atoms with Crippen molar-refractivity contribution in [1.29, 1.82) is 0 Å². The zero-order valence-electron chi connectivity index (χ0n) is 12.2. The van der Waals surface area contributed by atoms with E-state index in [9.17, 15) is 17.6 Å². The first-order valence-electron chi connectivity index (χ1n) is 6.69. The second kappa shape index (κ2) is 6.27. The first-order valence-corrected chi connectivity index (χ1v) is 8.24. The topological polar surface area (TPSA) is 81.1 Å². The summed E-state index contributed by atoms with van der Waals surface area (Å²) in [5.74, 6) is -1.18. The number of carbonyl (C=O) groups excluding carboxylic acids is 1. The van der Waals surface area contributed by atoms with Crippen LogP contribution in [0.5, 0.6) is 0 Å². The predicted octanol–water partition coefficient (Wildman–Crippen LogP) is 1.87. The summed E-state index contributed by atoms with van der Waals surface area (Å²) < 4.78 is 40.3. The summed E-state index contributed by atoms with van der Waals surface area (Å²) in [6.07, 6.45) is 3.00. The molecular weight excluding hydrogens is 309 g/mol. The molecule has 1 atom stereocenters. The average Bonchev–Trinajstić information content (AvgIpc) is 2.96. The van der Waals surface area contributed by atoms with E-state index in [1.54, 1.807) is 6.92 Å². The van der Waals surface area contributed by atoms with Gasteiger partial charge in [-0.15, -0.1) is 0 Å². The van der Waals surface area contributed by atoms with Gasteiger partial charge in [0.25, 0.3) is 5.91 Å². The van der Waals surface area contributed by atoms with Crippen LogP contribution >= 0.6 is 0 Å². The maximum absolute atomic E-state index is 13.0. The lowest BCUT2D eigenvalue weighted by Crippen LogP contribution is -2.37.